The summed E-state index contributed by atoms with van der Waals surface area (Å²) < 4.78 is 10.9. The van der Waals surface area contributed by atoms with E-state index in [0.717, 1.165) is 28.0 Å². The third kappa shape index (κ3) is 2.40. The fraction of sp³-hybridized carbons (Fsp3) is 0.278. The first-order valence-corrected chi connectivity index (χ1v) is 7.04. The molecule has 2 aromatic carbocycles. The Morgan fingerprint density at radius 1 is 1.19 bits per heavy atom. The summed E-state index contributed by atoms with van der Waals surface area (Å²) in [5, 5.41) is 0. The van der Waals surface area contributed by atoms with Gasteiger partial charge in [0, 0.05) is 11.1 Å². The van der Waals surface area contributed by atoms with Crippen LogP contribution < -0.4 is 4.74 Å². The molecule has 0 aliphatic carbocycles. The molecule has 0 spiro atoms. The standard InChI is InChI=1S/C18H18O3/c1-11-7-8-15-14(9-11)13-6-4-5-12(2)18(13)16(21-15)10-17(19)20-3/h4-9,16H,10H2,1-3H3. The van der Waals surface area contributed by atoms with Gasteiger partial charge < -0.3 is 9.47 Å². The summed E-state index contributed by atoms with van der Waals surface area (Å²) in [5.41, 5.74) is 5.65. The second-order valence-corrected chi connectivity index (χ2v) is 5.42. The van der Waals surface area contributed by atoms with Gasteiger partial charge in [-0.25, -0.2) is 0 Å². The maximum atomic E-state index is 11.7. The first kappa shape index (κ1) is 13.7. The Kier molecular flexibility index (Phi) is 3.42. The number of carbonyl (C=O) groups is 1. The SMILES string of the molecule is COC(=O)CC1Oc2ccc(C)cc2-c2cccc(C)c21. The lowest BCUT2D eigenvalue weighted by atomic mass is 9.88. The van der Waals surface area contributed by atoms with Crippen molar-refractivity contribution in [2.45, 2.75) is 26.4 Å². The van der Waals surface area contributed by atoms with Crippen LogP contribution in [0.4, 0.5) is 0 Å². The van der Waals surface area contributed by atoms with Crippen molar-refractivity contribution in [2.24, 2.45) is 0 Å². The van der Waals surface area contributed by atoms with Gasteiger partial charge in [-0.05, 0) is 37.1 Å². The van der Waals surface area contributed by atoms with Gasteiger partial charge in [-0.1, -0.05) is 29.8 Å². The van der Waals surface area contributed by atoms with E-state index in [9.17, 15) is 4.79 Å². The van der Waals surface area contributed by atoms with E-state index < -0.39 is 0 Å². The highest BCUT2D eigenvalue weighted by molar-refractivity contribution is 5.79. The molecule has 3 nitrogen and oxygen atoms in total. The minimum absolute atomic E-state index is 0.224. The van der Waals surface area contributed by atoms with Gasteiger partial charge in [-0.3, -0.25) is 4.79 Å². The van der Waals surface area contributed by atoms with E-state index in [0.29, 0.717) is 0 Å². The normalized spacial score (nSPS) is 15.7. The quantitative estimate of drug-likeness (QED) is 0.782. The molecule has 3 rings (SSSR count). The van der Waals surface area contributed by atoms with E-state index in [-0.39, 0.29) is 18.5 Å². The highest BCUT2D eigenvalue weighted by Crippen LogP contribution is 2.45. The maximum Gasteiger partial charge on any atom is 0.309 e. The zero-order chi connectivity index (χ0) is 15.0. The minimum Gasteiger partial charge on any atom is -0.484 e. The lowest BCUT2D eigenvalue weighted by Gasteiger charge is -2.30. The molecule has 1 aliphatic heterocycles. The molecule has 1 heterocycles. The number of hydrogen-bond acceptors (Lipinski definition) is 3. The van der Waals surface area contributed by atoms with Crippen LogP contribution in [0.3, 0.4) is 0 Å². The van der Waals surface area contributed by atoms with Crippen LogP contribution in [0.5, 0.6) is 5.75 Å². The topological polar surface area (TPSA) is 35.5 Å². The zero-order valence-corrected chi connectivity index (χ0v) is 12.5. The predicted octanol–water partition coefficient (Wildman–Crippen LogP) is 3.97. The molecule has 1 aliphatic rings. The largest absolute Gasteiger partial charge is 0.484 e. The van der Waals surface area contributed by atoms with Gasteiger partial charge in [-0.2, -0.15) is 0 Å². The van der Waals surface area contributed by atoms with Crippen LogP contribution in [0.1, 0.15) is 29.2 Å². The smallest absolute Gasteiger partial charge is 0.309 e. The second kappa shape index (κ2) is 5.24. The van der Waals surface area contributed by atoms with Gasteiger partial charge in [-0.15, -0.1) is 0 Å². The lowest BCUT2D eigenvalue weighted by molar-refractivity contribution is -0.142. The number of methoxy groups -OCH3 is 1. The molecular formula is C18H18O3. The van der Waals surface area contributed by atoms with Crippen LogP contribution in [-0.2, 0) is 9.53 Å². The van der Waals surface area contributed by atoms with Gasteiger partial charge in [0.05, 0.1) is 13.5 Å². The predicted molar refractivity (Wildman–Crippen MR) is 81.4 cm³/mol. The Labute approximate surface area is 124 Å². The molecule has 0 saturated heterocycles. The average Bonchev–Trinajstić information content (AvgIpc) is 2.47. The fourth-order valence-electron chi connectivity index (χ4n) is 2.89. The molecule has 21 heavy (non-hydrogen) atoms. The van der Waals surface area contributed by atoms with Gasteiger partial charge in [0.1, 0.15) is 11.9 Å². The Morgan fingerprint density at radius 2 is 2.00 bits per heavy atom. The molecule has 0 N–H and O–H groups in total. The van der Waals surface area contributed by atoms with Crippen LogP contribution >= 0.6 is 0 Å². The van der Waals surface area contributed by atoms with E-state index in [1.807, 2.05) is 31.2 Å². The van der Waals surface area contributed by atoms with E-state index >= 15 is 0 Å². The summed E-state index contributed by atoms with van der Waals surface area (Å²) in [6.07, 6.45) is -0.0642. The number of benzene rings is 2. The van der Waals surface area contributed by atoms with Gasteiger partial charge in [0.2, 0.25) is 0 Å². The number of esters is 1. The fourth-order valence-corrected chi connectivity index (χ4v) is 2.89. The monoisotopic (exact) mass is 282 g/mol. The summed E-state index contributed by atoms with van der Waals surface area (Å²) in [6.45, 7) is 4.11. The highest BCUT2D eigenvalue weighted by Gasteiger charge is 2.29. The van der Waals surface area contributed by atoms with E-state index in [1.54, 1.807) is 0 Å². The molecule has 0 fully saturated rings. The Bertz CT molecular complexity index is 704. The van der Waals surface area contributed by atoms with Crippen molar-refractivity contribution in [1.82, 2.24) is 0 Å². The van der Waals surface area contributed by atoms with Crippen molar-refractivity contribution in [3.8, 4) is 16.9 Å². The Morgan fingerprint density at radius 3 is 2.76 bits per heavy atom. The van der Waals surface area contributed by atoms with E-state index in [2.05, 4.69) is 19.1 Å². The number of aryl methyl sites for hydroxylation is 2. The van der Waals surface area contributed by atoms with E-state index in [1.165, 1.54) is 12.7 Å². The molecular weight excluding hydrogens is 264 g/mol. The summed E-state index contributed by atoms with van der Waals surface area (Å²) in [5.74, 6) is 0.567. The van der Waals surface area contributed by atoms with Crippen molar-refractivity contribution < 1.29 is 14.3 Å². The Balaban J connectivity index is 2.14. The van der Waals surface area contributed by atoms with E-state index in [4.69, 9.17) is 9.47 Å². The van der Waals surface area contributed by atoms with Crippen LogP contribution in [-0.4, -0.2) is 13.1 Å². The summed E-state index contributed by atoms with van der Waals surface area (Å²) in [6, 6.07) is 12.3. The lowest BCUT2D eigenvalue weighted by Crippen LogP contribution is -2.19. The molecule has 0 aromatic heterocycles. The highest BCUT2D eigenvalue weighted by atomic mass is 16.5. The number of carbonyl (C=O) groups excluding carboxylic acids is 1. The van der Waals surface area contributed by atoms with Crippen molar-refractivity contribution in [2.75, 3.05) is 7.11 Å². The molecule has 2 aromatic rings. The van der Waals surface area contributed by atoms with Crippen LogP contribution in [0, 0.1) is 13.8 Å². The molecule has 1 atom stereocenters. The molecule has 3 heteroatoms. The van der Waals surface area contributed by atoms with Crippen molar-refractivity contribution in [1.29, 1.82) is 0 Å². The van der Waals surface area contributed by atoms with Crippen molar-refractivity contribution in [3.63, 3.8) is 0 Å². The summed E-state index contributed by atoms with van der Waals surface area (Å²) in [4.78, 5) is 11.7. The van der Waals surface area contributed by atoms with Gasteiger partial charge in [0.25, 0.3) is 0 Å². The Hall–Kier alpha value is -2.29. The molecule has 0 bridgehead atoms. The summed E-state index contributed by atoms with van der Waals surface area (Å²) >= 11 is 0. The average molecular weight is 282 g/mol. The van der Waals surface area contributed by atoms with Crippen LogP contribution in [0.15, 0.2) is 36.4 Å². The molecule has 108 valence electrons. The summed E-state index contributed by atoms with van der Waals surface area (Å²) in [7, 11) is 1.40. The van der Waals surface area contributed by atoms with Gasteiger partial charge in [0.15, 0.2) is 0 Å². The van der Waals surface area contributed by atoms with Crippen LogP contribution in [0.25, 0.3) is 11.1 Å². The molecule has 0 radical (unpaired) electrons. The number of fused-ring (bicyclic) bond motifs is 3. The van der Waals surface area contributed by atoms with Gasteiger partial charge >= 0.3 is 5.97 Å². The third-order valence-corrected chi connectivity index (χ3v) is 3.92. The first-order chi connectivity index (χ1) is 10.1. The maximum absolute atomic E-state index is 11.7. The van der Waals surface area contributed by atoms with Crippen molar-refractivity contribution >= 4 is 5.97 Å². The van der Waals surface area contributed by atoms with Crippen LogP contribution in [0.2, 0.25) is 0 Å². The molecule has 0 amide bonds. The third-order valence-electron chi connectivity index (χ3n) is 3.92. The molecule has 0 saturated carbocycles. The molecule has 1 unspecified atom stereocenters. The first-order valence-electron chi connectivity index (χ1n) is 7.04. The number of rotatable bonds is 2. The number of hydrogen-bond donors (Lipinski definition) is 0. The zero-order valence-electron chi connectivity index (χ0n) is 12.5. The van der Waals surface area contributed by atoms with Crippen molar-refractivity contribution in [3.05, 3.63) is 53.1 Å². The number of ether oxygens (including phenoxy) is 2. The minimum atomic E-state index is -0.288. The second-order valence-electron chi connectivity index (χ2n) is 5.42.